The molecule has 0 N–H and O–H groups in total. The van der Waals surface area contributed by atoms with Crippen LogP contribution in [0.3, 0.4) is 0 Å². The molecule has 0 unspecified atom stereocenters. The maximum absolute atomic E-state index is 4.89. The Morgan fingerprint density at radius 3 is 1.94 bits per heavy atom. The van der Waals surface area contributed by atoms with Crippen LogP contribution in [0.15, 0.2) is 72.8 Å². The highest BCUT2D eigenvalue weighted by molar-refractivity contribution is 5.71. The number of hydrogen-bond acceptors (Lipinski definition) is 2. The summed E-state index contributed by atoms with van der Waals surface area (Å²) in [5.74, 6) is 1.89. The summed E-state index contributed by atoms with van der Waals surface area (Å²) >= 11 is 0. The van der Waals surface area contributed by atoms with Crippen LogP contribution in [0.5, 0.6) is 0 Å². The fraction of sp³-hybridized carbons (Fsp3) is 0.394. The minimum absolute atomic E-state index is 0.0276. The molecule has 0 aliphatic rings. The Hall–Kier alpha value is -3.20. The van der Waals surface area contributed by atoms with E-state index in [-0.39, 0.29) is 16.2 Å². The van der Waals surface area contributed by atoms with Crippen molar-refractivity contribution in [2.45, 2.75) is 79.6 Å². The van der Waals surface area contributed by atoms with Gasteiger partial charge in [0.25, 0.3) is 0 Å². The molecular weight excluding hydrogens is 438 g/mol. The highest BCUT2D eigenvalue weighted by atomic mass is 15.3. The predicted molar refractivity (Wildman–Crippen MR) is 153 cm³/mol. The molecule has 3 heteroatoms. The monoisotopic (exact) mass is 479 g/mol. The van der Waals surface area contributed by atoms with Gasteiger partial charge in [-0.25, -0.2) is 0 Å². The van der Waals surface area contributed by atoms with E-state index in [0.29, 0.717) is 0 Å². The van der Waals surface area contributed by atoms with Crippen molar-refractivity contribution in [2.75, 3.05) is 0 Å². The van der Waals surface area contributed by atoms with E-state index in [2.05, 4.69) is 140 Å². The van der Waals surface area contributed by atoms with Crippen LogP contribution in [0.4, 0.5) is 0 Å². The van der Waals surface area contributed by atoms with Crippen molar-refractivity contribution < 1.29 is 0 Å². The van der Waals surface area contributed by atoms with Gasteiger partial charge in [-0.1, -0.05) is 122 Å². The van der Waals surface area contributed by atoms with Gasteiger partial charge in [-0.15, -0.1) is 10.2 Å². The number of aromatic nitrogens is 3. The zero-order valence-electron chi connectivity index (χ0n) is 23.5. The third kappa shape index (κ3) is 5.46. The first kappa shape index (κ1) is 25.9. The zero-order valence-corrected chi connectivity index (χ0v) is 23.5. The standard InChI is InChI=1S/C33H41N3/c1-23-18-19-28(27(20-23)32(5,6)7)36-29(34-35-30(36)33(8,9)22-31(2,3)4)26-17-13-16-25(21-26)24-14-11-10-12-15-24/h10-21H,22H2,1-9H3. The van der Waals surface area contributed by atoms with E-state index in [4.69, 9.17) is 10.2 Å². The minimum atomic E-state index is -0.166. The van der Waals surface area contributed by atoms with Gasteiger partial charge in [0.2, 0.25) is 0 Å². The second kappa shape index (κ2) is 9.35. The summed E-state index contributed by atoms with van der Waals surface area (Å²) in [5, 5.41) is 9.74. The molecule has 0 radical (unpaired) electrons. The molecule has 4 aromatic rings. The third-order valence-electron chi connectivity index (χ3n) is 6.67. The summed E-state index contributed by atoms with van der Waals surface area (Å²) in [4.78, 5) is 0. The fourth-order valence-corrected chi connectivity index (χ4v) is 5.46. The van der Waals surface area contributed by atoms with Crippen LogP contribution in [0, 0.1) is 12.3 Å². The second-order valence-electron chi connectivity index (χ2n) is 13.0. The first-order valence-electron chi connectivity index (χ1n) is 13.0. The first-order valence-corrected chi connectivity index (χ1v) is 13.0. The molecule has 0 saturated heterocycles. The van der Waals surface area contributed by atoms with E-state index in [1.54, 1.807) is 0 Å². The Morgan fingerprint density at radius 2 is 1.31 bits per heavy atom. The molecule has 0 aliphatic carbocycles. The van der Waals surface area contributed by atoms with Crippen LogP contribution >= 0.6 is 0 Å². The average molecular weight is 480 g/mol. The van der Waals surface area contributed by atoms with E-state index in [1.165, 1.54) is 22.3 Å². The number of hydrogen-bond donors (Lipinski definition) is 0. The summed E-state index contributed by atoms with van der Waals surface area (Å²) in [6, 6.07) is 26.0. The molecule has 4 rings (SSSR count). The Bertz CT molecular complexity index is 1350. The smallest absolute Gasteiger partial charge is 0.168 e. The van der Waals surface area contributed by atoms with Crippen LogP contribution in [-0.2, 0) is 10.8 Å². The van der Waals surface area contributed by atoms with Crippen molar-refractivity contribution in [3.63, 3.8) is 0 Å². The van der Waals surface area contributed by atoms with Crippen LogP contribution < -0.4 is 0 Å². The molecule has 0 fully saturated rings. The molecule has 0 spiro atoms. The van der Waals surface area contributed by atoms with Crippen molar-refractivity contribution in [1.29, 1.82) is 0 Å². The van der Waals surface area contributed by atoms with Crippen LogP contribution in [-0.4, -0.2) is 14.8 Å². The third-order valence-corrected chi connectivity index (χ3v) is 6.67. The Labute approximate surface area is 217 Å². The molecular formula is C33H41N3. The van der Waals surface area contributed by atoms with Gasteiger partial charge in [-0.3, -0.25) is 4.57 Å². The Balaban J connectivity index is 1.99. The number of rotatable bonds is 5. The summed E-state index contributed by atoms with van der Waals surface area (Å²) in [6.45, 7) is 20.5. The van der Waals surface area contributed by atoms with Gasteiger partial charge in [-0.05, 0) is 53.0 Å². The summed E-state index contributed by atoms with van der Waals surface area (Å²) in [6.07, 6.45) is 0.999. The molecule has 0 saturated carbocycles. The summed E-state index contributed by atoms with van der Waals surface area (Å²) in [7, 11) is 0. The lowest BCUT2D eigenvalue weighted by molar-refractivity contribution is 0.272. The number of benzene rings is 3. The normalized spacial score (nSPS) is 12.7. The van der Waals surface area contributed by atoms with Crippen LogP contribution in [0.1, 0.15) is 78.8 Å². The topological polar surface area (TPSA) is 30.7 Å². The lowest BCUT2D eigenvalue weighted by atomic mass is 9.75. The SMILES string of the molecule is Cc1ccc(-n2c(-c3cccc(-c4ccccc4)c3)nnc2C(C)(C)CC(C)(C)C)c(C(C)(C)C)c1. The molecule has 36 heavy (non-hydrogen) atoms. The van der Waals surface area contributed by atoms with Crippen molar-refractivity contribution in [3.8, 4) is 28.2 Å². The molecule has 3 aromatic carbocycles. The minimum Gasteiger partial charge on any atom is -0.278 e. The second-order valence-corrected chi connectivity index (χ2v) is 13.0. The largest absolute Gasteiger partial charge is 0.278 e. The van der Waals surface area contributed by atoms with Gasteiger partial charge in [0, 0.05) is 11.0 Å². The predicted octanol–water partition coefficient (Wildman–Crippen LogP) is 8.92. The summed E-state index contributed by atoms with van der Waals surface area (Å²) < 4.78 is 2.33. The maximum Gasteiger partial charge on any atom is 0.168 e. The molecule has 0 amide bonds. The maximum atomic E-state index is 4.89. The van der Waals surface area contributed by atoms with E-state index < -0.39 is 0 Å². The number of aryl methyl sites for hydroxylation is 1. The molecule has 188 valence electrons. The van der Waals surface area contributed by atoms with E-state index in [1.807, 2.05) is 0 Å². The van der Waals surface area contributed by atoms with Crippen LogP contribution in [0.2, 0.25) is 0 Å². The molecule has 3 nitrogen and oxygen atoms in total. The van der Waals surface area contributed by atoms with Gasteiger partial charge in [0.05, 0.1) is 5.69 Å². The van der Waals surface area contributed by atoms with Crippen molar-refractivity contribution in [1.82, 2.24) is 14.8 Å². The highest BCUT2D eigenvalue weighted by Gasteiger charge is 2.35. The van der Waals surface area contributed by atoms with Gasteiger partial charge >= 0.3 is 0 Å². The van der Waals surface area contributed by atoms with Gasteiger partial charge in [0.15, 0.2) is 5.82 Å². The zero-order chi connectivity index (χ0) is 26.3. The van der Waals surface area contributed by atoms with Gasteiger partial charge in [-0.2, -0.15) is 0 Å². The van der Waals surface area contributed by atoms with Crippen molar-refractivity contribution in [3.05, 3.63) is 89.7 Å². The van der Waals surface area contributed by atoms with Crippen LogP contribution in [0.25, 0.3) is 28.2 Å². The van der Waals surface area contributed by atoms with E-state index >= 15 is 0 Å². The first-order chi connectivity index (χ1) is 16.8. The fourth-order valence-electron chi connectivity index (χ4n) is 5.46. The Morgan fingerprint density at radius 1 is 0.667 bits per heavy atom. The Kier molecular flexibility index (Phi) is 6.72. The number of nitrogens with zero attached hydrogens (tertiary/aromatic N) is 3. The molecule has 1 heterocycles. The van der Waals surface area contributed by atoms with Gasteiger partial charge < -0.3 is 0 Å². The molecule has 1 aromatic heterocycles. The van der Waals surface area contributed by atoms with E-state index in [9.17, 15) is 0 Å². The highest BCUT2D eigenvalue weighted by Crippen LogP contribution is 2.40. The molecule has 0 atom stereocenters. The lowest BCUT2D eigenvalue weighted by Crippen LogP contribution is -2.29. The quantitative estimate of drug-likeness (QED) is 0.286. The van der Waals surface area contributed by atoms with E-state index in [0.717, 1.165) is 29.3 Å². The lowest BCUT2D eigenvalue weighted by Gasteiger charge is -2.33. The van der Waals surface area contributed by atoms with Gasteiger partial charge in [0.1, 0.15) is 5.82 Å². The molecule has 0 bridgehead atoms. The molecule has 0 aliphatic heterocycles. The van der Waals surface area contributed by atoms with Crippen molar-refractivity contribution in [2.24, 2.45) is 5.41 Å². The van der Waals surface area contributed by atoms with Crippen molar-refractivity contribution >= 4 is 0 Å². The summed E-state index contributed by atoms with van der Waals surface area (Å²) in [5.41, 5.74) is 7.14. The average Bonchev–Trinajstić information content (AvgIpc) is 3.24.